The number of nitrogens with zero attached hydrogens (tertiary/aromatic N) is 1. The van der Waals surface area contributed by atoms with Crippen molar-refractivity contribution in [2.45, 2.75) is 38.2 Å². The van der Waals surface area contributed by atoms with Crippen LogP contribution in [0.15, 0.2) is 78.0 Å². The standard InChI is InChI=1S/C15H17ClNO.C7H8O3S/c1-15(2,3)18-14-6-4-13(5-7-14)17-10-8-12(16)9-11-17;1-6-2-4-7(5-3-6)11(8,9)10/h4-11H,1-3H3;2-5H,1H3,(H,8,9,10)/q+1;/p-1. The lowest BCUT2D eigenvalue weighted by Crippen LogP contribution is -2.29. The molecule has 1 aromatic heterocycles. The molecule has 29 heavy (non-hydrogen) atoms. The summed E-state index contributed by atoms with van der Waals surface area (Å²) in [6.45, 7) is 7.93. The van der Waals surface area contributed by atoms with Crippen molar-refractivity contribution >= 4 is 21.7 Å². The maximum atomic E-state index is 10.4. The molecule has 0 amide bonds. The molecule has 0 aliphatic carbocycles. The third-order valence-corrected chi connectivity index (χ3v) is 4.76. The van der Waals surface area contributed by atoms with Crippen LogP contribution in [0, 0.1) is 6.92 Å². The summed E-state index contributed by atoms with van der Waals surface area (Å²) in [5, 5.41) is 0.735. The zero-order valence-electron chi connectivity index (χ0n) is 16.8. The van der Waals surface area contributed by atoms with Crippen molar-refractivity contribution in [3.63, 3.8) is 0 Å². The second kappa shape index (κ2) is 9.39. The van der Waals surface area contributed by atoms with Crippen LogP contribution < -0.4 is 9.30 Å². The summed E-state index contributed by atoms with van der Waals surface area (Å²) in [4.78, 5) is -0.178. The van der Waals surface area contributed by atoms with Crippen molar-refractivity contribution in [1.82, 2.24) is 0 Å². The average Bonchev–Trinajstić information content (AvgIpc) is 2.62. The predicted octanol–water partition coefficient (Wildman–Crippen LogP) is 4.69. The highest BCUT2D eigenvalue weighted by atomic mass is 35.5. The molecule has 1 heterocycles. The van der Waals surface area contributed by atoms with Crippen LogP contribution in [0.25, 0.3) is 5.69 Å². The largest absolute Gasteiger partial charge is 0.744 e. The van der Waals surface area contributed by atoms with E-state index in [4.69, 9.17) is 16.3 Å². The number of benzene rings is 2. The fourth-order valence-corrected chi connectivity index (χ4v) is 2.91. The monoisotopic (exact) mass is 433 g/mol. The van der Waals surface area contributed by atoms with Crippen molar-refractivity contribution in [3.05, 3.63) is 83.6 Å². The van der Waals surface area contributed by atoms with Gasteiger partial charge in [-0.05, 0) is 52.0 Å². The van der Waals surface area contributed by atoms with E-state index in [0.29, 0.717) is 0 Å². The zero-order valence-corrected chi connectivity index (χ0v) is 18.4. The van der Waals surface area contributed by atoms with Gasteiger partial charge in [0.25, 0.3) is 0 Å². The van der Waals surface area contributed by atoms with Crippen molar-refractivity contribution in [2.75, 3.05) is 0 Å². The molecule has 0 saturated carbocycles. The van der Waals surface area contributed by atoms with Crippen LogP contribution in [-0.4, -0.2) is 18.6 Å². The van der Waals surface area contributed by atoms with Gasteiger partial charge in [-0.15, -0.1) is 0 Å². The van der Waals surface area contributed by atoms with Crippen molar-refractivity contribution in [3.8, 4) is 11.4 Å². The first-order valence-electron chi connectivity index (χ1n) is 8.93. The number of aryl methyl sites for hydroxylation is 1. The lowest BCUT2D eigenvalue weighted by Gasteiger charge is -2.20. The van der Waals surface area contributed by atoms with E-state index in [1.165, 1.54) is 12.1 Å². The molecule has 2 aromatic carbocycles. The zero-order chi connectivity index (χ0) is 21.7. The Hall–Kier alpha value is -2.41. The van der Waals surface area contributed by atoms with Gasteiger partial charge in [-0.1, -0.05) is 29.3 Å². The van der Waals surface area contributed by atoms with Gasteiger partial charge in [0.15, 0.2) is 12.4 Å². The summed E-state index contributed by atoms with van der Waals surface area (Å²) in [6.07, 6.45) is 3.86. The summed E-state index contributed by atoms with van der Waals surface area (Å²) < 4.78 is 39.0. The van der Waals surface area contributed by atoms with E-state index in [0.717, 1.165) is 22.0 Å². The molecule has 3 aromatic rings. The number of hydrogen-bond acceptors (Lipinski definition) is 4. The van der Waals surface area contributed by atoms with Crippen LogP contribution in [0.5, 0.6) is 5.75 Å². The number of ether oxygens (including phenoxy) is 1. The van der Waals surface area contributed by atoms with Crippen LogP contribution >= 0.6 is 11.6 Å². The molecule has 0 unspecified atom stereocenters. The molecule has 154 valence electrons. The maximum absolute atomic E-state index is 10.4. The van der Waals surface area contributed by atoms with Crippen LogP contribution in [0.2, 0.25) is 5.02 Å². The summed E-state index contributed by atoms with van der Waals surface area (Å²) >= 11 is 5.86. The molecule has 0 aliphatic rings. The minimum atomic E-state index is -4.27. The lowest BCUT2D eigenvalue weighted by atomic mass is 10.2. The molecule has 0 atom stereocenters. The van der Waals surface area contributed by atoms with Gasteiger partial charge in [0.1, 0.15) is 21.5 Å². The van der Waals surface area contributed by atoms with E-state index >= 15 is 0 Å². The molecule has 0 N–H and O–H groups in total. The second-order valence-electron chi connectivity index (χ2n) is 7.40. The van der Waals surface area contributed by atoms with Crippen LogP contribution in [0.1, 0.15) is 26.3 Å². The Morgan fingerprint density at radius 2 is 1.41 bits per heavy atom. The van der Waals surface area contributed by atoms with E-state index in [9.17, 15) is 13.0 Å². The fourth-order valence-electron chi connectivity index (χ4n) is 2.33. The van der Waals surface area contributed by atoms with Gasteiger partial charge in [-0.2, -0.15) is 4.57 Å². The summed E-state index contributed by atoms with van der Waals surface area (Å²) in [5.41, 5.74) is 1.83. The van der Waals surface area contributed by atoms with E-state index in [2.05, 4.69) is 0 Å². The first kappa shape index (κ1) is 22.9. The number of aromatic nitrogens is 1. The minimum absolute atomic E-state index is 0.172. The van der Waals surface area contributed by atoms with Gasteiger partial charge in [-0.3, -0.25) is 0 Å². The molecule has 5 nitrogen and oxygen atoms in total. The normalized spacial score (nSPS) is 11.4. The van der Waals surface area contributed by atoms with Gasteiger partial charge in [-0.25, -0.2) is 8.42 Å². The first-order chi connectivity index (χ1) is 13.4. The third-order valence-electron chi connectivity index (χ3n) is 3.66. The third kappa shape index (κ3) is 7.85. The Labute approximate surface area is 177 Å². The summed E-state index contributed by atoms with van der Waals surface area (Å²) in [5.74, 6) is 0.876. The molecule has 0 fully saturated rings. The molecule has 0 spiro atoms. The van der Waals surface area contributed by atoms with E-state index < -0.39 is 10.1 Å². The Balaban J connectivity index is 0.000000234. The molecule has 0 aliphatic heterocycles. The SMILES string of the molecule is CC(C)(C)Oc1ccc(-[n+]2ccc(Cl)cc2)cc1.Cc1ccc(S(=O)(=O)[O-])cc1. The average molecular weight is 434 g/mol. The van der Waals surface area contributed by atoms with E-state index in [1.807, 2.05) is 81.1 Å². The topological polar surface area (TPSA) is 70.3 Å². The Bertz CT molecular complexity index is 1020. The number of halogens is 1. The summed E-state index contributed by atoms with van der Waals surface area (Å²) in [6, 6.07) is 17.5. The summed E-state index contributed by atoms with van der Waals surface area (Å²) in [7, 11) is -4.27. The molecule has 0 saturated heterocycles. The maximum Gasteiger partial charge on any atom is 0.210 e. The van der Waals surface area contributed by atoms with Crippen LogP contribution in [0.3, 0.4) is 0 Å². The predicted molar refractivity (Wildman–Crippen MR) is 113 cm³/mol. The van der Waals surface area contributed by atoms with Crippen LogP contribution in [-0.2, 0) is 10.1 Å². The Morgan fingerprint density at radius 3 is 1.86 bits per heavy atom. The highest BCUT2D eigenvalue weighted by molar-refractivity contribution is 7.85. The Kier molecular flexibility index (Phi) is 7.41. The lowest BCUT2D eigenvalue weighted by molar-refractivity contribution is -0.595. The highest BCUT2D eigenvalue weighted by Crippen LogP contribution is 2.18. The second-order valence-corrected chi connectivity index (χ2v) is 9.22. The molecule has 0 radical (unpaired) electrons. The fraction of sp³-hybridized carbons (Fsp3) is 0.227. The van der Waals surface area contributed by atoms with E-state index in [1.54, 1.807) is 12.1 Å². The van der Waals surface area contributed by atoms with Crippen molar-refractivity contribution in [1.29, 1.82) is 0 Å². The molecular weight excluding hydrogens is 410 g/mol. The van der Waals surface area contributed by atoms with Crippen LogP contribution in [0.4, 0.5) is 0 Å². The molecule has 0 bridgehead atoms. The first-order valence-corrected chi connectivity index (χ1v) is 10.7. The van der Waals surface area contributed by atoms with Crippen molar-refractivity contribution in [2.24, 2.45) is 0 Å². The quantitative estimate of drug-likeness (QED) is 0.443. The highest BCUT2D eigenvalue weighted by Gasteiger charge is 2.12. The number of pyridine rings is 1. The van der Waals surface area contributed by atoms with Gasteiger partial charge < -0.3 is 9.29 Å². The number of hydrogen-bond donors (Lipinski definition) is 0. The molecule has 7 heteroatoms. The van der Waals surface area contributed by atoms with Gasteiger partial charge in [0.05, 0.1) is 9.92 Å². The van der Waals surface area contributed by atoms with E-state index in [-0.39, 0.29) is 10.5 Å². The van der Waals surface area contributed by atoms with Gasteiger partial charge in [0.2, 0.25) is 5.69 Å². The Morgan fingerprint density at radius 1 is 0.897 bits per heavy atom. The smallest absolute Gasteiger partial charge is 0.210 e. The van der Waals surface area contributed by atoms with Gasteiger partial charge >= 0.3 is 0 Å². The number of rotatable bonds is 3. The molecular formula is C22H24ClNO4S. The molecule has 3 rings (SSSR count). The van der Waals surface area contributed by atoms with Gasteiger partial charge in [0, 0.05) is 24.3 Å². The van der Waals surface area contributed by atoms with Crippen molar-refractivity contribution < 1.29 is 22.3 Å². The minimum Gasteiger partial charge on any atom is -0.744 e.